The van der Waals surface area contributed by atoms with Crippen LogP contribution in [0.5, 0.6) is 0 Å². The Hall–Kier alpha value is -1.09. The second-order valence-corrected chi connectivity index (χ2v) is 6.82. The van der Waals surface area contributed by atoms with Gasteiger partial charge in [0.25, 0.3) is 0 Å². The maximum absolute atomic E-state index is 11.3. The third kappa shape index (κ3) is 6.50. The maximum atomic E-state index is 11.3. The van der Waals surface area contributed by atoms with Gasteiger partial charge in [0.1, 0.15) is 0 Å². The second-order valence-electron chi connectivity index (χ2n) is 6.82. The lowest BCUT2D eigenvalue weighted by molar-refractivity contribution is -0.137. The Morgan fingerprint density at radius 2 is 1.52 bits per heavy atom. The summed E-state index contributed by atoms with van der Waals surface area (Å²) in [5.74, 6) is -0.256. The van der Waals surface area contributed by atoms with Crippen LogP contribution in [0.2, 0.25) is 0 Å². The van der Waals surface area contributed by atoms with Crippen molar-refractivity contribution in [1.82, 2.24) is 4.90 Å². The molecule has 2 aliphatic carbocycles. The van der Waals surface area contributed by atoms with E-state index in [2.05, 4.69) is 11.0 Å². The van der Waals surface area contributed by atoms with Gasteiger partial charge in [0.2, 0.25) is 0 Å². The highest BCUT2D eigenvalue weighted by Gasteiger charge is 2.27. The molecule has 2 fully saturated rings. The highest BCUT2D eigenvalue weighted by atomic mass is 16.5. The summed E-state index contributed by atoms with van der Waals surface area (Å²) in [4.78, 5) is 14.0. The highest BCUT2D eigenvalue weighted by Crippen LogP contribution is 2.29. The van der Waals surface area contributed by atoms with Crippen LogP contribution < -0.4 is 0 Å². The molecule has 0 atom stereocenters. The van der Waals surface area contributed by atoms with E-state index in [0.29, 0.717) is 6.61 Å². The van der Waals surface area contributed by atoms with Crippen molar-refractivity contribution in [3.63, 3.8) is 0 Å². The molecule has 0 radical (unpaired) electrons. The third-order valence-corrected chi connectivity index (χ3v) is 5.17. The molecule has 0 aliphatic heterocycles. The molecular formula is C20H33NO2. The van der Waals surface area contributed by atoms with Gasteiger partial charge in [-0.15, -0.1) is 0 Å². The van der Waals surface area contributed by atoms with Crippen molar-refractivity contribution >= 4 is 5.97 Å². The second kappa shape index (κ2) is 10.6. The van der Waals surface area contributed by atoms with Crippen molar-refractivity contribution in [2.24, 2.45) is 0 Å². The molecule has 0 aromatic heterocycles. The zero-order chi connectivity index (χ0) is 16.3. The molecule has 0 N–H and O–H groups in total. The van der Waals surface area contributed by atoms with Gasteiger partial charge in [-0.05, 0) is 32.6 Å². The summed E-state index contributed by atoms with van der Waals surface area (Å²) < 4.78 is 4.89. The molecule has 130 valence electrons. The SMILES string of the molecule is CCOC(=O)/C=C/C=C/CN(C1CCCCC1)C1CCCCC1. The zero-order valence-electron chi connectivity index (χ0n) is 14.7. The molecule has 0 saturated heterocycles. The molecule has 0 aromatic rings. The molecule has 0 unspecified atom stereocenters. The molecule has 2 rings (SSSR count). The van der Waals surface area contributed by atoms with E-state index in [9.17, 15) is 4.79 Å². The van der Waals surface area contributed by atoms with Crippen LogP contribution in [-0.4, -0.2) is 36.1 Å². The molecule has 0 aromatic carbocycles. The third-order valence-electron chi connectivity index (χ3n) is 5.17. The number of esters is 1. The van der Waals surface area contributed by atoms with Gasteiger partial charge in [-0.2, -0.15) is 0 Å². The van der Waals surface area contributed by atoms with E-state index in [0.717, 1.165) is 18.6 Å². The summed E-state index contributed by atoms with van der Waals surface area (Å²) in [6.07, 6.45) is 21.3. The van der Waals surface area contributed by atoms with Gasteiger partial charge in [0, 0.05) is 24.7 Å². The first-order chi connectivity index (χ1) is 11.3. The first-order valence-corrected chi connectivity index (χ1v) is 9.57. The Labute approximate surface area is 141 Å². The number of ether oxygens (including phenoxy) is 1. The smallest absolute Gasteiger partial charge is 0.330 e. The molecular weight excluding hydrogens is 286 g/mol. The summed E-state index contributed by atoms with van der Waals surface area (Å²) in [7, 11) is 0. The highest BCUT2D eigenvalue weighted by molar-refractivity contribution is 5.82. The first-order valence-electron chi connectivity index (χ1n) is 9.57. The number of rotatable bonds is 7. The van der Waals surface area contributed by atoms with Gasteiger partial charge >= 0.3 is 5.97 Å². The zero-order valence-corrected chi connectivity index (χ0v) is 14.7. The molecule has 23 heavy (non-hydrogen) atoms. The maximum Gasteiger partial charge on any atom is 0.330 e. The number of allylic oxidation sites excluding steroid dienone is 2. The average molecular weight is 319 g/mol. The van der Waals surface area contributed by atoms with Crippen LogP contribution in [0.25, 0.3) is 0 Å². The summed E-state index contributed by atoms with van der Waals surface area (Å²) in [6, 6.07) is 1.54. The number of hydrogen-bond donors (Lipinski definition) is 0. The number of hydrogen-bond acceptors (Lipinski definition) is 3. The Kier molecular flexibility index (Phi) is 8.44. The average Bonchev–Trinajstić information content (AvgIpc) is 2.60. The fourth-order valence-electron chi connectivity index (χ4n) is 4.01. The number of carbonyl (C=O) groups excluding carboxylic acids is 1. The normalized spacial score (nSPS) is 21.5. The standard InChI is InChI=1S/C20H33NO2/c1-2-23-20(22)16-10-5-11-17-21(18-12-6-3-7-13-18)19-14-8-4-9-15-19/h5,10-11,16,18-19H,2-4,6-9,12-15,17H2,1H3/b11-5+,16-10+. The lowest BCUT2D eigenvalue weighted by Gasteiger charge is -2.41. The molecule has 0 amide bonds. The van der Waals surface area contributed by atoms with Gasteiger partial charge in [0.15, 0.2) is 0 Å². The van der Waals surface area contributed by atoms with E-state index in [1.54, 1.807) is 6.08 Å². The van der Waals surface area contributed by atoms with Crippen LogP contribution in [-0.2, 0) is 9.53 Å². The molecule has 2 aliphatic rings. The van der Waals surface area contributed by atoms with Crippen LogP contribution in [0.3, 0.4) is 0 Å². The van der Waals surface area contributed by atoms with Crippen molar-refractivity contribution in [2.75, 3.05) is 13.2 Å². The predicted octanol–water partition coefficient (Wildman–Crippen LogP) is 4.63. The number of nitrogens with zero attached hydrogens (tertiary/aromatic N) is 1. The van der Waals surface area contributed by atoms with Crippen molar-refractivity contribution in [3.8, 4) is 0 Å². The predicted molar refractivity (Wildman–Crippen MR) is 95.4 cm³/mol. The minimum Gasteiger partial charge on any atom is -0.463 e. The summed E-state index contributed by atoms with van der Waals surface area (Å²) in [6.45, 7) is 3.28. The topological polar surface area (TPSA) is 29.5 Å². The van der Waals surface area contributed by atoms with Gasteiger partial charge < -0.3 is 4.74 Å². The van der Waals surface area contributed by atoms with Crippen molar-refractivity contribution in [3.05, 3.63) is 24.3 Å². The molecule has 0 spiro atoms. The van der Waals surface area contributed by atoms with Crippen LogP contribution in [0, 0.1) is 0 Å². The summed E-state index contributed by atoms with van der Waals surface area (Å²) in [5.41, 5.74) is 0. The van der Waals surface area contributed by atoms with Gasteiger partial charge in [0.05, 0.1) is 6.61 Å². The quantitative estimate of drug-likeness (QED) is 0.389. The monoisotopic (exact) mass is 319 g/mol. The summed E-state index contributed by atoms with van der Waals surface area (Å²) in [5, 5.41) is 0. The first kappa shape index (κ1) is 18.3. The van der Waals surface area contributed by atoms with Crippen molar-refractivity contribution in [1.29, 1.82) is 0 Å². The summed E-state index contributed by atoms with van der Waals surface area (Å²) >= 11 is 0. The Balaban J connectivity index is 1.87. The Morgan fingerprint density at radius 3 is 2.04 bits per heavy atom. The minimum absolute atomic E-state index is 0.256. The molecule has 0 bridgehead atoms. The molecule has 2 saturated carbocycles. The lowest BCUT2D eigenvalue weighted by Crippen LogP contribution is -2.45. The van der Waals surface area contributed by atoms with Crippen LogP contribution in [0.4, 0.5) is 0 Å². The number of carbonyl (C=O) groups is 1. The van der Waals surface area contributed by atoms with E-state index < -0.39 is 0 Å². The van der Waals surface area contributed by atoms with E-state index in [4.69, 9.17) is 4.74 Å². The van der Waals surface area contributed by atoms with Gasteiger partial charge in [-0.1, -0.05) is 56.8 Å². The van der Waals surface area contributed by atoms with Gasteiger partial charge in [-0.25, -0.2) is 4.79 Å². The van der Waals surface area contributed by atoms with E-state index >= 15 is 0 Å². The largest absolute Gasteiger partial charge is 0.463 e. The van der Waals surface area contributed by atoms with Crippen molar-refractivity contribution in [2.45, 2.75) is 83.2 Å². The molecule has 3 nitrogen and oxygen atoms in total. The van der Waals surface area contributed by atoms with E-state index in [1.807, 2.05) is 13.0 Å². The molecule has 0 heterocycles. The fourth-order valence-corrected chi connectivity index (χ4v) is 4.01. The van der Waals surface area contributed by atoms with Crippen LogP contribution >= 0.6 is 0 Å². The van der Waals surface area contributed by atoms with Crippen LogP contribution in [0.1, 0.15) is 71.1 Å². The Bertz CT molecular complexity index is 372. The van der Waals surface area contributed by atoms with Crippen LogP contribution in [0.15, 0.2) is 24.3 Å². The Morgan fingerprint density at radius 1 is 0.957 bits per heavy atom. The van der Waals surface area contributed by atoms with E-state index in [1.165, 1.54) is 70.3 Å². The fraction of sp³-hybridized carbons (Fsp3) is 0.750. The van der Waals surface area contributed by atoms with E-state index in [-0.39, 0.29) is 5.97 Å². The minimum atomic E-state index is -0.256. The molecule has 3 heteroatoms. The van der Waals surface area contributed by atoms with Gasteiger partial charge in [-0.3, -0.25) is 4.90 Å². The lowest BCUT2D eigenvalue weighted by atomic mass is 9.88. The van der Waals surface area contributed by atoms with Crippen molar-refractivity contribution < 1.29 is 9.53 Å².